The van der Waals surface area contributed by atoms with Gasteiger partial charge in [-0.1, -0.05) is 32.9 Å². The molecule has 4 heteroatoms. The van der Waals surface area contributed by atoms with Crippen molar-refractivity contribution in [2.24, 2.45) is 5.41 Å². The molecule has 2 rings (SSSR count). The summed E-state index contributed by atoms with van der Waals surface area (Å²) in [4.78, 5) is 0. The molecule has 1 aliphatic rings. The van der Waals surface area contributed by atoms with Gasteiger partial charge in [-0.3, -0.25) is 0 Å². The Kier molecular flexibility index (Phi) is 3.54. The predicted octanol–water partition coefficient (Wildman–Crippen LogP) is 2.16. The molecular weight excluding hydrogens is 218 g/mol. The van der Waals surface area contributed by atoms with Crippen molar-refractivity contribution in [1.29, 1.82) is 0 Å². The van der Waals surface area contributed by atoms with Crippen LogP contribution >= 0.6 is 0 Å². The Balaban J connectivity index is 2.11. The van der Waals surface area contributed by atoms with Crippen molar-refractivity contribution in [3.63, 3.8) is 0 Å². The molecule has 1 aliphatic heterocycles. The van der Waals surface area contributed by atoms with Crippen LogP contribution in [-0.2, 0) is 15.7 Å². The van der Waals surface area contributed by atoms with Gasteiger partial charge in [0.15, 0.2) is 0 Å². The zero-order valence-corrected chi connectivity index (χ0v) is 10.6. The lowest BCUT2D eigenvalue weighted by Crippen LogP contribution is -2.47. The summed E-state index contributed by atoms with van der Waals surface area (Å²) in [5.74, 6) is -0.179. The van der Waals surface area contributed by atoms with Gasteiger partial charge >= 0.3 is 7.12 Å². The van der Waals surface area contributed by atoms with Gasteiger partial charge in [0.1, 0.15) is 5.82 Å². The van der Waals surface area contributed by atoms with E-state index in [1.165, 1.54) is 6.07 Å². The summed E-state index contributed by atoms with van der Waals surface area (Å²) < 4.78 is 24.9. The first kappa shape index (κ1) is 12.6. The minimum atomic E-state index is -0.427. The van der Waals surface area contributed by atoms with Crippen LogP contribution in [0.2, 0.25) is 0 Å². The molecule has 1 aromatic rings. The number of halogens is 1. The van der Waals surface area contributed by atoms with Crippen LogP contribution in [0, 0.1) is 11.2 Å². The summed E-state index contributed by atoms with van der Waals surface area (Å²) in [6.45, 7) is 7.38. The van der Waals surface area contributed by atoms with E-state index < -0.39 is 7.12 Å². The van der Waals surface area contributed by atoms with Gasteiger partial charge in [-0.15, -0.1) is 0 Å². The molecule has 0 spiro atoms. The quantitative estimate of drug-likeness (QED) is 0.732. The Morgan fingerprint density at radius 2 is 1.94 bits per heavy atom. The van der Waals surface area contributed by atoms with E-state index in [1.807, 2.05) is 13.0 Å². The average Bonchev–Trinajstić information content (AvgIpc) is 2.29. The van der Waals surface area contributed by atoms with Crippen molar-refractivity contribution in [2.75, 3.05) is 13.2 Å². The third-order valence-corrected chi connectivity index (χ3v) is 2.98. The van der Waals surface area contributed by atoms with Gasteiger partial charge in [-0.2, -0.15) is 0 Å². The van der Waals surface area contributed by atoms with Crippen molar-refractivity contribution >= 4 is 12.6 Å². The van der Waals surface area contributed by atoms with Gasteiger partial charge in [-0.05, 0) is 23.5 Å². The van der Waals surface area contributed by atoms with Crippen molar-refractivity contribution < 1.29 is 13.7 Å². The van der Waals surface area contributed by atoms with E-state index in [9.17, 15) is 4.39 Å². The Labute approximate surface area is 102 Å². The lowest BCUT2D eigenvalue weighted by molar-refractivity contribution is 0.0343. The average molecular weight is 236 g/mol. The molecule has 17 heavy (non-hydrogen) atoms. The maximum atomic E-state index is 13.6. The monoisotopic (exact) mass is 236 g/mol. The van der Waals surface area contributed by atoms with Gasteiger partial charge in [-0.25, -0.2) is 4.39 Å². The van der Waals surface area contributed by atoms with Gasteiger partial charge < -0.3 is 9.31 Å². The van der Waals surface area contributed by atoms with Crippen LogP contribution in [0.4, 0.5) is 4.39 Å². The smallest absolute Gasteiger partial charge is 0.407 e. The fourth-order valence-electron chi connectivity index (χ4n) is 1.88. The fraction of sp³-hybridized carbons (Fsp3) is 0.538. The van der Waals surface area contributed by atoms with E-state index in [0.29, 0.717) is 19.6 Å². The Morgan fingerprint density at radius 1 is 1.29 bits per heavy atom. The third kappa shape index (κ3) is 2.88. The second-order valence-corrected chi connectivity index (χ2v) is 5.32. The SMILES string of the molecule is CCc1ccc(B2OCC(C)(C)CO2)cc1F. The Morgan fingerprint density at radius 3 is 2.47 bits per heavy atom. The minimum Gasteiger partial charge on any atom is -0.407 e. The van der Waals surface area contributed by atoms with E-state index >= 15 is 0 Å². The van der Waals surface area contributed by atoms with Crippen molar-refractivity contribution in [3.8, 4) is 0 Å². The zero-order valence-electron chi connectivity index (χ0n) is 10.6. The largest absolute Gasteiger partial charge is 0.494 e. The van der Waals surface area contributed by atoms with Crippen LogP contribution in [0.25, 0.3) is 0 Å². The van der Waals surface area contributed by atoms with E-state index in [4.69, 9.17) is 9.31 Å². The van der Waals surface area contributed by atoms with Gasteiger partial charge in [0.05, 0.1) is 0 Å². The summed E-state index contributed by atoms with van der Waals surface area (Å²) in [6, 6.07) is 5.20. The highest BCUT2D eigenvalue weighted by Crippen LogP contribution is 2.21. The number of rotatable bonds is 2. The maximum absolute atomic E-state index is 13.6. The summed E-state index contributed by atoms with van der Waals surface area (Å²) >= 11 is 0. The molecule has 1 aromatic carbocycles. The highest BCUT2D eigenvalue weighted by atomic mass is 19.1. The highest BCUT2D eigenvalue weighted by Gasteiger charge is 2.33. The molecule has 1 heterocycles. The first-order valence-corrected chi connectivity index (χ1v) is 6.03. The van der Waals surface area contributed by atoms with Crippen molar-refractivity contribution in [3.05, 3.63) is 29.6 Å². The fourth-order valence-corrected chi connectivity index (χ4v) is 1.88. The van der Waals surface area contributed by atoms with Crippen molar-refractivity contribution in [1.82, 2.24) is 0 Å². The van der Waals surface area contributed by atoms with Crippen LogP contribution < -0.4 is 5.46 Å². The second-order valence-electron chi connectivity index (χ2n) is 5.32. The number of benzene rings is 1. The molecule has 92 valence electrons. The van der Waals surface area contributed by atoms with E-state index in [-0.39, 0.29) is 11.2 Å². The molecule has 1 fully saturated rings. The van der Waals surface area contributed by atoms with E-state index in [2.05, 4.69) is 13.8 Å². The van der Waals surface area contributed by atoms with Gasteiger partial charge in [0.25, 0.3) is 0 Å². The molecular formula is C13H18BFO2. The molecule has 0 unspecified atom stereocenters. The van der Waals surface area contributed by atoms with E-state index in [1.54, 1.807) is 6.07 Å². The molecule has 0 radical (unpaired) electrons. The first-order valence-electron chi connectivity index (χ1n) is 6.03. The normalized spacial score (nSPS) is 19.4. The summed E-state index contributed by atoms with van der Waals surface area (Å²) in [7, 11) is -0.427. The molecule has 0 amide bonds. The first-order chi connectivity index (χ1) is 8.02. The summed E-state index contributed by atoms with van der Waals surface area (Å²) in [5.41, 5.74) is 1.53. The number of aryl methyl sites for hydroxylation is 1. The molecule has 0 aromatic heterocycles. The summed E-state index contributed by atoms with van der Waals surface area (Å²) in [6.07, 6.45) is 0.700. The molecule has 0 saturated carbocycles. The Bertz CT molecular complexity index is 396. The lowest BCUT2D eigenvalue weighted by atomic mass is 9.75. The van der Waals surface area contributed by atoms with Crippen LogP contribution in [0.15, 0.2) is 18.2 Å². The van der Waals surface area contributed by atoms with Gasteiger partial charge in [0.2, 0.25) is 0 Å². The summed E-state index contributed by atoms with van der Waals surface area (Å²) in [5, 5.41) is 0. The van der Waals surface area contributed by atoms with Crippen LogP contribution in [0.1, 0.15) is 26.3 Å². The van der Waals surface area contributed by atoms with Crippen LogP contribution in [0.3, 0.4) is 0 Å². The topological polar surface area (TPSA) is 18.5 Å². The van der Waals surface area contributed by atoms with E-state index in [0.717, 1.165) is 11.0 Å². The molecule has 0 aliphatic carbocycles. The van der Waals surface area contributed by atoms with Gasteiger partial charge in [0, 0.05) is 18.6 Å². The van der Waals surface area contributed by atoms with Crippen molar-refractivity contribution in [2.45, 2.75) is 27.2 Å². The molecule has 0 atom stereocenters. The standard InChI is InChI=1S/C13H18BFO2/c1-4-10-5-6-11(7-12(10)15)14-16-8-13(2,3)9-17-14/h5-7H,4,8-9H2,1-3H3. The molecule has 0 bridgehead atoms. The number of hydrogen-bond donors (Lipinski definition) is 0. The third-order valence-electron chi connectivity index (χ3n) is 2.98. The second kappa shape index (κ2) is 4.79. The zero-order chi connectivity index (χ0) is 12.5. The van der Waals surface area contributed by atoms with Crippen LogP contribution in [-0.4, -0.2) is 20.3 Å². The highest BCUT2D eigenvalue weighted by molar-refractivity contribution is 6.61. The molecule has 0 N–H and O–H groups in total. The Hall–Kier alpha value is -0.865. The number of hydrogen-bond acceptors (Lipinski definition) is 2. The lowest BCUT2D eigenvalue weighted by Gasteiger charge is -2.33. The van der Waals surface area contributed by atoms with Crippen LogP contribution in [0.5, 0.6) is 0 Å². The minimum absolute atomic E-state index is 0.0401. The predicted molar refractivity (Wildman–Crippen MR) is 66.9 cm³/mol. The molecule has 1 saturated heterocycles. The maximum Gasteiger partial charge on any atom is 0.494 e. The molecule has 2 nitrogen and oxygen atoms in total.